The van der Waals surface area contributed by atoms with Crippen LogP contribution in [0, 0.1) is 5.41 Å². The highest BCUT2D eigenvalue weighted by Crippen LogP contribution is 2.25. The average Bonchev–Trinajstić information content (AvgIpc) is 2.55. The Labute approximate surface area is 130 Å². The van der Waals surface area contributed by atoms with Gasteiger partial charge in [-0.3, -0.25) is 10.2 Å². The van der Waals surface area contributed by atoms with Gasteiger partial charge in [-0.2, -0.15) is 0 Å². The van der Waals surface area contributed by atoms with E-state index < -0.39 is 0 Å². The zero-order valence-electron chi connectivity index (χ0n) is 12.7. The highest BCUT2D eigenvalue weighted by Gasteiger charge is 2.21. The van der Waals surface area contributed by atoms with Gasteiger partial charge in [0.1, 0.15) is 0 Å². The van der Waals surface area contributed by atoms with Gasteiger partial charge >= 0.3 is 0 Å². The third kappa shape index (κ3) is 4.03. The Bertz CT molecular complexity index is 527. The number of methoxy groups -OCH3 is 1. The number of piperazine rings is 1. The van der Waals surface area contributed by atoms with E-state index in [1.807, 2.05) is 24.3 Å². The molecule has 22 heavy (non-hydrogen) atoms. The van der Waals surface area contributed by atoms with Gasteiger partial charge in [-0.15, -0.1) is 0 Å². The van der Waals surface area contributed by atoms with Crippen molar-refractivity contribution in [2.24, 2.45) is 5.73 Å². The van der Waals surface area contributed by atoms with E-state index in [4.69, 9.17) is 20.6 Å². The number of ether oxygens (including phenoxy) is 2. The van der Waals surface area contributed by atoms with Crippen molar-refractivity contribution in [3.05, 3.63) is 24.3 Å². The molecule has 1 fully saturated rings. The van der Waals surface area contributed by atoms with Gasteiger partial charge in [0.2, 0.25) is 5.91 Å². The summed E-state index contributed by atoms with van der Waals surface area (Å²) in [6, 6.07) is 7.36. The van der Waals surface area contributed by atoms with Crippen LogP contribution in [0.2, 0.25) is 0 Å². The van der Waals surface area contributed by atoms with E-state index >= 15 is 0 Å². The highest BCUT2D eigenvalue weighted by atomic mass is 16.5. The monoisotopic (exact) mass is 306 g/mol. The Balaban J connectivity index is 1.75. The van der Waals surface area contributed by atoms with Crippen LogP contribution in [0.5, 0.6) is 11.5 Å². The van der Waals surface area contributed by atoms with Crippen molar-refractivity contribution in [1.29, 1.82) is 5.41 Å². The second-order valence-electron chi connectivity index (χ2n) is 5.00. The predicted molar refractivity (Wildman–Crippen MR) is 83.2 cm³/mol. The van der Waals surface area contributed by atoms with E-state index in [0.717, 1.165) is 0 Å². The number of nitrogens with one attached hydrogen (secondary N) is 1. The maximum absolute atomic E-state index is 12.1. The van der Waals surface area contributed by atoms with E-state index in [9.17, 15) is 4.79 Å². The summed E-state index contributed by atoms with van der Waals surface area (Å²) in [5.74, 6) is 1.41. The molecule has 1 aromatic carbocycles. The number of hydrogen-bond donors (Lipinski definition) is 2. The Morgan fingerprint density at radius 3 is 2.36 bits per heavy atom. The zero-order chi connectivity index (χ0) is 15.9. The first-order valence-corrected chi connectivity index (χ1v) is 7.24. The van der Waals surface area contributed by atoms with E-state index in [1.54, 1.807) is 16.9 Å². The third-order valence-corrected chi connectivity index (χ3v) is 3.62. The van der Waals surface area contributed by atoms with Gasteiger partial charge in [0, 0.05) is 26.2 Å². The lowest BCUT2D eigenvalue weighted by molar-refractivity contribution is -0.133. The molecule has 3 N–H and O–H groups in total. The maximum Gasteiger partial charge on any atom is 0.226 e. The van der Waals surface area contributed by atoms with Crippen molar-refractivity contribution in [2.75, 3.05) is 39.9 Å². The molecule has 0 aliphatic carbocycles. The molecule has 0 unspecified atom stereocenters. The highest BCUT2D eigenvalue weighted by molar-refractivity contribution is 5.78. The fourth-order valence-corrected chi connectivity index (χ4v) is 2.34. The van der Waals surface area contributed by atoms with Gasteiger partial charge in [-0.1, -0.05) is 12.1 Å². The maximum atomic E-state index is 12.1. The van der Waals surface area contributed by atoms with Crippen LogP contribution in [0.4, 0.5) is 0 Å². The number of hydrogen-bond acceptors (Lipinski definition) is 4. The number of nitrogens with zero attached hydrogens (tertiary/aromatic N) is 2. The molecule has 7 heteroatoms. The molecule has 0 aromatic heterocycles. The van der Waals surface area contributed by atoms with E-state index in [2.05, 4.69) is 0 Å². The van der Waals surface area contributed by atoms with Crippen molar-refractivity contribution in [2.45, 2.75) is 6.42 Å². The molecular weight excluding hydrogens is 284 g/mol. The Hall–Kier alpha value is -2.44. The summed E-state index contributed by atoms with van der Waals surface area (Å²) >= 11 is 0. The van der Waals surface area contributed by atoms with E-state index in [1.165, 1.54) is 0 Å². The first-order chi connectivity index (χ1) is 10.6. The number of carbonyl (C=O) groups excluding carboxylic acids is 1. The van der Waals surface area contributed by atoms with Gasteiger partial charge in [0.05, 0.1) is 20.1 Å². The zero-order valence-corrected chi connectivity index (χ0v) is 12.7. The predicted octanol–water partition coefficient (Wildman–Crippen LogP) is 0.502. The fraction of sp³-hybridized carbons (Fsp3) is 0.467. The number of amides is 1. The fourth-order valence-electron chi connectivity index (χ4n) is 2.34. The minimum absolute atomic E-state index is 0.0538. The number of carbonyl (C=O) groups is 1. The second-order valence-corrected chi connectivity index (χ2v) is 5.00. The number of para-hydroxylation sites is 2. The minimum atomic E-state index is 0.0538. The number of nitrogens with two attached hydrogens (primary N) is 1. The quantitative estimate of drug-likeness (QED) is 0.610. The standard InChI is InChI=1S/C15H22N4O3/c1-21-12-4-2-3-5-13(12)22-11-6-14(20)18-7-9-19(10-8-18)15(16)17/h2-5H,6-11H2,1H3,(H3,16,17). The summed E-state index contributed by atoms with van der Waals surface area (Å²) in [6.07, 6.45) is 0.318. The topological polar surface area (TPSA) is 91.9 Å². The molecule has 2 rings (SSSR count). The average molecular weight is 306 g/mol. The van der Waals surface area contributed by atoms with Crippen LogP contribution in [-0.2, 0) is 4.79 Å². The summed E-state index contributed by atoms with van der Waals surface area (Å²) in [7, 11) is 1.59. The molecular formula is C15H22N4O3. The van der Waals surface area contributed by atoms with Crippen LogP contribution in [0.1, 0.15) is 6.42 Å². The van der Waals surface area contributed by atoms with Crippen LogP contribution in [-0.4, -0.2) is 61.6 Å². The molecule has 120 valence electrons. The van der Waals surface area contributed by atoms with Crippen molar-refractivity contribution < 1.29 is 14.3 Å². The van der Waals surface area contributed by atoms with Crippen molar-refractivity contribution in [3.63, 3.8) is 0 Å². The lowest BCUT2D eigenvalue weighted by Gasteiger charge is -2.34. The molecule has 0 saturated carbocycles. The SMILES string of the molecule is COc1ccccc1OCCC(=O)N1CCN(C(=N)N)CC1. The van der Waals surface area contributed by atoms with Crippen molar-refractivity contribution in [1.82, 2.24) is 9.80 Å². The summed E-state index contributed by atoms with van der Waals surface area (Å²) in [5.41, 5.74) is 5.43. The molecule has 0 radical (unpaired) electrons. The normalized spacial score (nSPS) is 14.6. The molecule has 1 aliphatic rings. The van der Waals surface area contributed by atoms with Crippen LogP contribution >= 0.6 is 0 Å². The summed E-state index contributed by atoms with van der Waals surface area (Å²) < 4.78 is 10.8. The first-order valence-electron chi connectivity index (χ1n) is 7.24. The Kier molecular flexibility index (Phi) is 5.46. The molecule has 0 atom stereocenters. The summed E-state index contributed by atoms with van der Waals surface area (Å²) in [6.45, 7) is 2.70. The molecule has 0 bridgehead atoms. The van der Waals surface area contributed by atoms with Crippen LogP contribution in [0.3, 0.4) is 0 Å². The van der Waals surface area contributed by atoms with Crippen LogP contribution < -0.4 is 15.2 Å². The second kappa shape index (κ2) is 7.53. The van der Waals surface area contributed by atoms with Gasteiger partial charge in [-0.05, 0) is 12.1 Å². The van der Waals surface area contributed by atoms with Crippen molar-refractivity contribution >= 4 is 11.9 Å². The van der Waals surface area contributed by atoms with E-state index in [-0.39, 0.29) is 11.9 Å². The summed E-state index contributed by atoms with van der Waals surface area (Å²) in [5, 5.41) is 7.37. The smallest absolute Gasteiger partial charge is 0.226 e. The van der Waals surface area contributed by atoms with Gasteiger partial charge in [0.25, 0.3) is 0 Å². The molecule has 7 nitrogen and oxygen atoms in total. The molecule has 1 aliphatic heterocycles. The Morgan fingerprint density at radius 1 is 1.18 bits per heavy atom. The largest absolute Gasteiger partial charge is 0.493 e. The van der Waals surface area contributed by atoms with Crippen LogP contribution in [0.25, 0.3) is 0 Å². The first kappa shape index (κ1) is 15.9. The van der Waals surface area contributed by atoms with Gasteiger partial charge in [0.15, 0.2) is 17.5 Å². The third-order valence-electron chi connectivity index (χ3n) is 3.62. The minimum Gasteiger partial charge on any atom is -0.493 e. The lowest BCUT2D eigenvalue weighted by atomic mass is 10.3. The van der Waals surface area contributed by atoms with Gasteiger partial charge < -0.3 is 25.0 Å². The molecule has 1 heterocycles. The lowest BCUT2D eigenvalue weighted by Crippen LogP contribution is -2.52. The van der Waals surface area contributed by atoms with Crippen molar-refractivity contribution in [3.8, 4) is 11.5 Å². The molecule has 1 aromatic rings. The molecule has 0 spiro atoms. The van der Waals surface area contributed by atoms with E-state index in [0.29, 0.717) is 50.7 Å². The molecule has 1 saturated heterocycles. The van der Waals surface area contributed by atoms with Gasteiger partial charge in [-0.25, -0.2) is 0 Å². The molecule has 1 amide bonds. The Morgan fingerprint density at radius 2 is 1.77 bits per heavy atom. The summed E-state index contributed by atoms with van der Waals surface area (Å²) in [4.78, 5) is 15.7. The van der Waals surface area contributed by atoms with Crippen LogP contribution in [0.15, 0.2) is 24.3 Å². The number of guanidine groups is 1. The number of rotatable bonds is 5. The number of benzene rings is 1.